The first kappa shape index (κ1) is 40.9. The topological polar surface area (TPSA) is 285 Å². The molecule has 0 radical (unpaired) electrons. The van der Waals surface area contributed by atoms with Crippen molar-refractivity contribution in [1.82, 2.24) is 4.90 Å². The Morgan fingerprint density at radius 1 is 1.10 bits per heavy atom. The number of amidine groups is 1. The highest BCUT2D eigenvalue weighted by atomic mass is 31.2. The second kappa shape index (κ2) is 17.3. The van der Waals surface area contributed by atoms with Gasteiger partial charge in [0.1, 0.15) is 36.4 Å². The summed E-state index contributed by atoms with van der Waals surface area (Å²) in [5.41, 5.74) is 6.65. The van der Waals surface area contributed by atoms with Crippen LogP contribution in [0.1, 0.15) is 33.1 Å². The lowest BCUT2D eigenvalue weighted by atomic mass is 9.91. The van der Waals surface area contributed by atoms with Crippen LogP contribution in [0.25, 0.3) is 0 Å². The van der Waals surface area contributed by atoms with Crippen molar-refractivity contribution in [2.75, 3.05) is 39.6 Å². The van der Waals surface area contributed by atoms with Crippen molar-refractivity contribution < 1.29 is 80.0 Å². The molecule has 0 aromatic rings. The normalized spacial score (nSPS) is 32.5. The molecule has 0 bridgehead atoms. The van der Waals surface area contributed by atoms with Gasteiger partial charge in [0.25, 0.3) is 0 Å². The SMILES string of the molecule is C#CC1=CC(COP(=O)(O)OC2CCO[C@@H]2COP(=O)(O)OC2C(O)[C@H](N3CCC(N)=NC3=O)O[C@@H]2COP(=O)(O)OC(C)C)=CC(CO)C1. The van der Waals surface area contributed by atoms with E-state index in [0.717, 1.165) is 4.90 Å². The standard InChI is InChI=1S/C27H42N3O17P3/c1-4-17-9-18(12-31)11-19(10-17)13-41-49(36,37)46-20-6-8-40-21(20)14-42-50(38,39)47-25-22(15-43-48(34,35)45-16(2)3)44-26(24(25)32)30-7-5-23(28)29-27(30)33/h1,10-11,16,18,20-22,24-26,31-32H,5-9,12-15H2,2-3H3,(H,34,35)(H,36,37)(H,38,39)(H2,28,29,33)/t18?,20?,21-,22-,24?,25?,26-/m1/s1. The number of allylic oxidation sites excluding steroid dienone is 1. The summed E-state index contributed by atoms with van der Waals surface area (Å²) in [7, 11) is -14.5. The number of urea groups is 1. The minimum atomic E-state index is -5.13. The van der Waals surface area contributed by atoms with E-state index in [2.05, 4.69) is 10.9 Å². The fourth-order valence-electron chi connectivity index (χ4n) is 5.41. The van der Waals surface area contributed by atoms with Gasteiger partial charge in [-0.3, -0.25) is 32.0 Å². The smallest absolute Gasteiger partial charge is 0.396 e. The minimum absolute atomic E-state index is 0.0275. The lowest BCUT2D eigenvalue weighted by Gasteiger charge is -2.31. The zero-order valence-electron chi connectivity index (χ0n) is 27.2. The molecule has 4 aliphatic rings. The van der Waals surface area contributed by atoms with E-state index in [-0.39, 0.29) is 51.0 Å². The monoisotopic (exact) mass is 773 g/mol. The number of carbonyl (C=O) groups is 1. The molecule has 7 N–H and O–H groups in total. The van der Waals surface area contributed by atoms with E-state index in [9.17, 15) is 43.4 Å². The molecule has 0 spiro atoms. The fraction of sp³-hybridized carbons (Fsp3) is 0.704. The van der Waals surface area contributed by atoms with Crippen molar-refractivity contribution in [3.63, 3.8) is 0 Å². The molecule has 2 fully saturated rings. The van der Waals surface area contributed by atoms with Gasteiger partial charge in [0.2, 0.25) is 0 Å². The van der Waals surface area contributed by atoms with Crippen LogP contribution in [0.5, 0.6) is 0 Å². The lowest BCUT2D eigenvalue weighted by Crippen LogP contribution is -2.50. The molecule has 4 rings (SSSR count). The van der Waals surface area contributed by atoms with Gasteiger partial charge in [-0.05, 0) is 31.9 Å². The molecule has 0 aromatic carbocycles. The summed E-state index contributed by atoms with van der Waals surface area (Å²) < 4.78 is 79.9. The number of aliphatic hydroxyl groups excluding tert-OH is 2. The molecule has 0 saturated carbocycles. The number of phosphoric ester groups is 3. The number of rotatable bonds is 17. The van der Waals surface area contributed by atoms with Crippen LogP contribution in [0.3, 0.4) is 0 Å². The molecule has 1 aliphatic carbocycles. The molecule has 50 heavy (non-hydrogen) atoms. The van der Waals surface area contributed by atoms with E-state index < -0.39 is 85.6 Å². The van der Waals surface area contributed by atoms with Gasteiger partial charge in [0.05, 0.1) is 25.9 Å². The number of hydrogen-bond donors (Lipinski definition) is 6. The molecular formula is C27H42N3O17P3. The third-order valence-electron chi connectivity index (χ3n) is 7.64. The van der Waals surface area contributed by atoms with E-state index in [4.69, 9.17) is 48.8 Å². The number of nitrogens with zero attached hydrogens (tertiary/aromatic N) is 2. The number of nitrogens with two attached hydrogens (primary N) is 1. The Labute approximate surface area is 288 Å². The van der Waals surface area contributed by atoms with Gasteiger partial charge in [-0.15, -0.1) is 6.42 Å². The molecule has 2 saturated heterocycles. The molecule has 20 nitrogen and oxygen atoms in total. The molecule has 7 unspecified atom stereocenters. The van der Waals surface area contributed by atoms with Gasteiger partial charge in [0, 0.05) is 44.1 Å². The summed E-state index contributed by atoms with van der Waals surface area (Å²) in [5, 5.41) is 20.6. The molecule has 3 aliphatic heterocycles. The largest absolute Gasteiger partial charge is 0.472 e. The van der Waals surface area contributed by atoms with Crippen LogP contribution >= 0.6 is 23.5 Å². The number of ether oxygens (including phenoxy) is 2. The highest BCUT2D eigenvalue weighted by Crippen LogP contribution is 2.51. The molecule has 10 atom stereocenters. The summed E-state index contributed by atoms with van der Waals surface area (Å²) in [6.07, 6.45) is -0.217. The highest BCUT2D eigenvalue weighted by Gasteiger charge is 2.52. The van der Waals surface area contributed by atoms with Crippen molar-refractivity contribution in [3.8, 4) is 12.3 Å². The van der Waals surface area contributed by atoms with Gasteiger partial charge in [-0.2, -0.15) is 4.99 Å². The van der Waals surface area contributed by atoms with Gasteiger partial charge in [-0.25, -0.2) is 18.5 Å². The van der Waals surface area contributed by atoms with Crippen LogP contribution < -0.4 is 5.73 Å². The van der Waals surface area contributed by atoms with Crippen molar-refractivity contribution in [2.24, 2.45) is 16.6 Å². The van der Waals surface area contributed by atoms with Crippen LogP contribution in [0.4, 0.5) is 4.79 Å². The predicted octanol–water partition coefficient (Wildman–Crippen LogP) is 1.09. The second-order valence-electron chi connectivity index (χ2n) is 11.9. The molecule has 0 aromatic heterocycles. The number of hydrogen-bond acceptors (Lipinski definition) is 15. The van der Waals surface area contributed by atoms with E-state index in [0.29, 0.717) is 17.6 Å². The Bertz CT molecular complexity index is 1520. The van der Waals surface area contributed by atoms with Crippen LogP contribution in [-0.2, 0) is 50.3 Å². The third-order valence-corrected chi connectivity index (χ3v) is 10.8. The van der Waals surface area contributed by atoms with Gasteiger partial charge in [0.15, 0.2) is 6.23 Å². The predicted molar refractivity (Wildman–Crippen MR) is 171 cm³/mol. The summed E-state index contributed by atoms with van der Waals surface area (Å²) in [6.45, 7) is 0.903. The maximum Gasteiger partial charge on any atom is 0.472 e. The quantitative estimate of drug-likeness (QED) is 0.0891. The van der Waals surface area contributed by atoms with Crippen LogP contribution in [-0.4, -0.2) is 124 Å². The van der Waals surface area contributed by atoms with Crippen LogP contribution in [0.2, 0.25) is 0 Å². The van der Waals surface area contributed by atoms with Crippen molar-refractivity contribution in [3.05, 3.63) is 23.3 Å². The van der Waals surface area contributed by atoms with E-state index in [1.165, 1.54) is 13.8 Å². The Morgan fingerprint density at radius 3 is 2.44 bits per heavy atom. The summed E-state index contributed by atoms with van der Waals surface area (Å²) in [6, 6.07) is -0.870. The first-order valence-electron chi connectivity index (χ1n) is 15.5. The minimum Gasteiger partial charge on any atom is -0.396 e. The second-order valence-corrected chi connectivity index (χ2v) is 16.1. The Hall–Kier alpha value is -1.85. The maximum absolute atomic E-state index is 13.1. The van der Waals surface area contributed by atoms with Crippen molar-refractivity contribution >= 4 is 35.3 Å². The van der Waals surface area contributed by atoms with Gasteiger partial charge in [-0.1, -0.05) is 12.0 Å². The van der Waals surface area contributed by atoms with Crippen molar-refractivity contribution in [1.29, 1.82) is 0 Å². The molecule has 23 heteroatoms. The third kappa shape index (κ3) is 11.6. The van der Waals surface area contributed by atoms with Crippen LogP contribution in [0, 0.1) is 18.3 Å². The average molecular weight is 774 g/mol. The Balaban J connectivity index is 1.38. The molecule has 3 heterocycles. The first-order chi connectivity index (χ1) is 23.4. The molecule has 2 amide bonds. The molecule has 282 valence electrons. The number of terminal acetylenes is 1. The van der Waals surface area contributed by atoms with E-state index in [1.807, 2.05) is 0 Å². The Morgan fingerprint density at radius 2 is 1.78 bits per heavy atom. The Kier molecular flexibility index (Phi) is 14.2. The summed E-state index contributed by atoms with van der Waals surface area (Å²) in [5.74, 6) is 2.24. The van der Waals surface area contributed by atoms with E-state index in [1.54, 1.807) is 12.2 Å². The van der Waals surface area contributed by atoms with Crippen LogP contribution in [0.15, 0.2) is 28.3 Å². The van der Waals surface area contributed by atoms with Crippen molar-refractivity contribution in [2.45, 2.75) is 76.0 Å². The first-order valence-corrected chi connectivity index (χ1v) is 19.9. The maximum atomic E-state index is 13.1. The number of aliphatic imine (C=N–C) groups is 1. The average Bonchev–Trinajstić information content (AvgIpc) is 3.59. The fourth-order valence-corrected chi connectivity index (χ4v) is 8.26. The zero-order chi connectivity index (χ0) is 36.9. The van der Waals surface area contributed by atoms with Gasteiger partial charge >= 0.3 is 29.5 Å². The zero-order valence-corrected chi connectivity index (χ0v) is 29.8. The van der Waals surface area contributed by atoms with E-state index >= 15 is 0 Å². The lowest BCUT2D eigenvalue weighted by molar-refractivity contribution is -0.0783. The number of carbonyl (C=O) groups excluding carboxylic acids is 1. The highest BCUT2D eigenvalue weighted by molar-refractivity contribution is 7.48. The molecular weight excluding hydrogens is 731 g/mol. The summed E-state index contributed by atoms with van der Waals surface area (Å²) in [4.78, 5) is 48.1. The summed E-state index contributed by atoms with van der Waals surface area (Å²) >= 11 is 0. The number of phosphoric acid groups is 3. The number of amides is 2. The number of aliphatic hydroxyl groups is 2. The van der Waals surface area contributed by atoms with Gasteiger partial charge < -0.3 is 40.1 Å².